The van der Waals surface area contributed by atoms with Gasteiger partial charge in [-0.1, -0.05) is 27.2 Å². The lowest BCUT2D eigenvalue weighted by molar-refractivity contribution is -0.128. The van der Waals surface area contributed by atoms with Crippen molar-refractivity contribution in [3.8, 4) is 0 Å². The van der Waals surface area contributed by atoms with Gasteiger partial charge in [0.05, 0.1) is 0 Å². The Kier molecular flexibility index (Phi) is 13.3. The van der Waals surface area contributed by atoms with Gasteiger partial charge in [-0.3, -0.25) is 9.79 Å². The van der Waals surface area contributed by atoms with Crippen molar-refractivity contribution in [2.75, 3.05) is 39.3 Å². The van der Waals surface area contributed by atoms with Gasteiger partial charge in [0.15, 0.2) is 5.96 Å². The van der Waals surface area contributed by atoms with Gasteiger partial charge in [-0.2, -0.15) is 0 Å². The number of hydrogen-bond acceptors (Lipinski definition) is 3. The van der Waals surface area contributed by atoms with E-state index in [2.05, 4.69) is 39.7 Å². The van der Waals surface area contributed by atoms with Crippen LogP contribution in [0.5, 0.6) is 0 Å². The molecule has 0 bridgehead atoms. The predicted molar refractivity (Wildman–Crippen MR) is 121 cm³/mol. The number of aliphatic imine (C=N–C) groups is 1. The molecule has 1 atom stereocenters. The van der Waals surface area contributed by atoms with Crippen LogP contribution in [-0.2, 0) is 4.79 Å². The Morgan fingerprint density at radius 3 is 2.46 bits per heavy atom. The molecule has 1 aliphatic rings. The number of amides is 1. The van der Waals surface area contributed by atoms with Crippen molar-refractivity contribution < 1.29 is 4.79 Å². The zero-order chi connectivity index (χ0) is 18.7. The number of likely N-dealkylation sites (tertiary alicyclic amines) is 1. The van der Waals surface area contributed by atoms with E-state index in [1.54, 1.807) is 0 Å². The number of guanidine groups is 1. The van der Waals surface area contributed by atoms with Crippen molar-refractivity contribution in [1.29, 1.82) is 0 Å². The predicted octanol–water partition coefficient (Wildman–Crippen LogP) is 2.59. The lowest BCUT2D eigenvalue weighted by Gasteiger charge is -2.33. The van der Waals surface area contributed by atoms with Gasteiger partial charge in [0.1, 0.15) is 0 Å². The van der Waals surface area contributed by atoms with Crippen LogP contribution in [0.15, 0.2) is 4.99 Å². The molecule has 0 saturated carbocycles. The third kappa shape index (κ3) is 10.5. The number of nitrogens with one attached hydrogen (secondary N) is 3. The van der Waals surface area contributed by atoms with E-state index < -0.39 is 0 Å². The first-order chi connectivity index (χ1) is 11.8. The van der Waals surface area contributed by atoms with Crippen LogP contribution in [0, 0.1) is 5.41 Å². The molecule has 1 amide bonds. The molecule has 1 saturated heterocycles. The number of carbonyl (C=O) groups is 1. The summed E-state index contributed by atoms with van der Waals surface area (Å²) < 4.78 is 0. The number of nitrogens with zero attached hydrogens (tertiary/aromatic N) is 2. The number of carbonyl (C=O) groups excluding carboxylic acids is 1. The van der Waals surface area contributed by atoms with Crippen LogP contribution in [0.4, 0.5) is 0 Å². The average Bonchev–Trinajstić information content (AvgIpc) is 2.55. The molecule has 3 N–H and O–H groups in total. The maximum atomic E-state index is 11.8. The van der Waals surface area contributed by atoms with Crippen molar-refractivity contribution in [2.24, 2.45) is 10.4 Å². The summed E-state index contributed by atoms with van der Waals surface area (Å²) in [5.74, 6) is 0.908. The Labute approximate surface area is 177 Å². The van der Waals surface area contributed by atoms with Crippen LogP contribution in [0.25, 0.3) is 0 Å². The largest absolute Gasteiger partial charge is 0.357 e. The third-order valence-corrected chi connectivity index (χ3v) is 4.54. The van der Waals surface area contributed by atoms with Gasteiger partial charge in [-0.25, -0.2) is 0 Å². The van der Waals surface area contributed by atoms with E-state index in [4.69, 9.17) is 0 Å². The average molecular weight is 481 g/mol. The van der Waals surface area contributed by atoms with Crippen molar-refractivity contribution >= 4 is 35.8 Å². The zero-order valence-corrected chi connectivity index (χ0v) is 19.7. The van der Waals surface area contributed by atoms with Crippen molar-refractivity contribution in [1.82, 2.24) is 20.9 Å². The molecular formula is C19H40IN5O. The molecule has 6 nitrogen and oxygen atoms in total. The fourth-order valence-corrected chi connectivity index (χ4v) is 2.92. The van der Waals surface area contributed by atoms with Crippen molar-refractivity contribution in [2.45, 2.75) is 66.3 Å². The van der Waals surface area contributed by atoms with E-state index >= 15 is 0 Å². The minimum absolute atomic E-state index is 0. The summed E-state index contributed by atoms with van der Waals surface area (Å²) >= 11 is 0. The summed E-state index contributed by atoms with van der Waals surface area (Å²) in [6.07, 6.45) is 5.11. The number of hydrogen-bond donors (Lipinski definition) is 3. The molecular weight excluding hydrogens is 441 g/mol. The highest BCUT2D eigenvalue weighted by atomic mass is 127. The molecule has 1 heterocycles. The smallest absolute Gasteiger partial charge is 0.225 e. The Hall–Kier alpha value is -0.570. The third-order valence-electron chi connectivity index (χ3n) is 4.54. The normalized spacial score (nSPS) is 18.8. The number of halogens is 1. The second-order valence-corrected chi connectivity index (χ2v) is 7.93. The Morgan fingerprint density at radius 2 is 1.85 bits per heavy atom. The summed E-state index contributed by atoms with van der Waals surface area (Å²) in [6.45, 7) is 15.5. The van der Waals surface area contributed by atoms with Gasteiger partial charge in [0.25, 0.3) is 0 Å². The first-order valence-corrected chi connectivity index (χ1v) is 9.89. The standard InChI is InChI=1S/C19H39N5O.HI/c1-6-20-18(23-13-12-21-17(25)19(3,4)5)22-11-9-15-24-14-8-7-10-16(24)2;/h16H,6-15H2,1-5H3,(H,21,25)(H2,20,22,23);1H. The highest BCUT2D eigenvalue weighted by Gasteiger charge is 2.20. The highest BCUT2D eigenvalue weighted by molar-refractivity contribution is 14.0. The zero-order valence-electron chi connectivity index (χ0n) is 17.4. The van der Waals surface area contributed by atoms with Crippen LogP contribution in [0.2, 0.25) is 0 Å². The summed E-state index contributed by atoms with van der Waals surface area (Å²) in [7, 11) is 0. The lowest BCUT2D eigenvalue weighted by atomic mass is 9.96. The lowest BCUT2D eigenvalue weighted by Crippen LogP contribution is -2.43. The molecule has 1 fully saturated rings. The summed E-state index contributed by atoms with van der Waals surface area (Å²) in [5.41, 5.74) is -0.343. The molecule has 154 valence electrons. The van der Waals surface area contributed by atoms with Crippen LogP contribution in [-0.4, -0.2) is 62.1 Å². The summed E-state index contributed by atoms with van der Waals surface area (Å²) in [6, 6.07) is 0.718. The van der Waals surface area contributed by atoms with Crippen molar-refractivity contribution in [3.05, 3.63) is 0 Å². The van der Waals surface area contributed by atoms with Gasteiger partial charge >= 0.3 is 0 Å². The van der Waals surface area contributed by atoms with E-state index in [-0.39, 0.29) is 35.3 Å². The first kappa shape index (κ1) is 25.4. The topological polar surface area (TPSA) is 68.8 Å². The first-order valence-electron chi connectivity index (χ1n) is 9.89. The van der Waals surface area contributed by atoms with Crippen LogP contribution in [0.3, 0.4) is 0 Å². The minimum Gasteiger partial charge on any atom is -0.357 e. The minimum atomic E-state index is -0.343. The molecule has 1 unspecified atom stereocenters. The fourth-order valence-electron chi connectivity index (χ4n) is 2.92. The van der Waals surface area contributed by atoms with Gasteiger partial charge in [0.2, 0.25) is 5.91 Å². The number of piperidine rings is 1. The van der Waals surface area contributed by atoms with E-state index in [0.717, 1.165) is 38.1 Å². The van der Waals surface area contributed by atoms with Crippen LogP contribution < -0.4 is 16.0 Å². The molecule has 0 aromatic rings. The molecule has 0 aromatic carbocycles. The molecule has 7 heteroatoms. The Morgan fingerprint density at radius 1 is 1.15 bits per heavy atom. The SMILES string of the molecule is CCNC(=NCCCN1CCCCC1C)NCCNC(=O)C(C)(C)C.I. The maximum Gasteiger partial charge on any atom is 0.225 e. The fraction of sp³-hybridized carbons (Fsp3) is 0.895. The second kappa shape index (κ2) is 13.6. The highest BCUT2D eigenvalue weighted by Crippen LogP contribution is 2.16. The molecule has 1 rings (SSSR count). The monoisotopic (exact) mass is 481 g/mol. The van der Waals surface area contributed by atoms with Gasteiger partial charge in [-0.15, -0.1) is 24.0 Å². The van der Waals surface area contributed by atoms with Gasteiger partial charge < -0.3 is 20.9 Å². The second-order valence-electron chi connectivity index (χ2n) is 7.93. The molecule has 0 radical (unpaired) electrons. The summed E-state index contributed by atoms with van der Waals surface area (Å²) in [4.78, 5) is 19.1. The van der Waals surface area contributed by atoms with Crippen LogP contribution in [0.1, 0.15) is 60.3 Å². The quantitative estimate of drug-likeness (QED) is 0.216. The maximum absolute atomic E-state index is 11.8. The molecule has 0 aromatic heterocycles. The van der Waals surface area contributed by atoms with Gasteiger partial charge in [0, 0.05) is 44.2 Å². The Bertz CT molecular complexity index is 423. The molecule has 0 spiro atoms. The number of rotatable bonds is 8. The van der Waals surface area contributed by atoms with E-state index in [9.17, 15) is 4.79 Å². The Balaban J connectivity index is 0.00000625. The van der Waals surface area contributed by atoms with Crippen LogP contribution >= 0.6 is 24.0 Å². The van der Waals surface area contributed by atoms with E-state index in [1.807, 2.05) is 20.8 Å². The van der Waals surface area contributed by atoms with Gasteiger partial charge in [-0.05, 0) is 39.7 Å². The van der Waals surface area contributed by atoms with Crippen molar-refractivity contribution in [3.63, 3.8) is 0 Å². The molecule has 1 aliphatic heterocycles. The summed E-state index contributed by atoms with van der Waals surface area (Å²) in [5, 5.41) is 9.49. The molecule has 0 aliphatic carbocycles. The molecule has 26 heavy (non-hydrogen) atoms. The van der Waals surface area contributed by atoms with E-state index in [0.29, 0.717) is 13.1 Å². The van der Waals surface area contributed by atoms with E-state index in [1.165, 1.54) is 25.8 Å².